The van der Waals surface area contributed by atoms with Gasteiger partial charge in [-0.25, -0.2) is 4.79 Å². The van der Waals surface area contributed by atoms with Gasteiger partial charge in [0.2, 0.25) is 0 Å². The summed E-state index contributed by atoms with van der Waals surface area (Å²) in [4.78, 5) is 11.8. The summed E-state index contributed by atoms with van der Waals surface area (Å²) in [5, 5.41) is 5.76. The number of aryl methyl sites for hydroxylation is 1. The van der Waals surface area contributed by atoms with E-state index >= 15 is 0 Å². The molecular formula is C15H22N2O2. The Bertz CT molecular complexity index is 411. The summed E-state index contributed by atoms with van der Waals surface area (Å²) in [6, 6.07) is 8.16. The van der Waals surface area contributed by atoms with Gasteiger partial charge in [0.25, 0.3) is 0 Å². The molecule has 0 bridgehead atoms. The number of hydrogen-bond acceptors (Lipinski definition) is 2. The largest absolute Gasteiger partial charge is 0.358 e. The molecule has 1 aromatic carbocycles. The quantitative estimate of drug-likeness (QED) is 0.876. The van der Waals surface area contributed by atoms with E-state index in [9.17, 15) is 4.79 Å². The highest BCUT2D eigenvalue weighted by Crippen LogP contribution is 2.14. The topological polar surface area (TPSA) is 50.4 Å². The standard InChI is InChI=1S/C15H22N2O2/c1-3-12-6-8-13(9-7-12)11(2)16-15(18)17-14-5-4-10-19-14/h6-9,11,14H,3-5,10H2,1-2H3,(H2,16,17,18). The first-order chi connectivity index (χ1) is 9.19. The molecule has 2 amide bonds. The number of amides is 2. The van der Waals surface area contributed by atoms with Gasteiger partial charge in [-0.05, 0) is 37.3 Å². The number of nitrogens with one attached hydrogen (secondary N) is 2. The highest BCUT2D eigenvalue weighted by Gasteiger charge is 2.18. The van der Waals surface area contributed by atoms with Crippen molar-refractivity contribution in [1.82, 2.24) is 10.6 Å². The smallest absolute Gasteiger partial charge is 0.317 e. The van der Waals surface area contributed by atoms with Gasteiger partial charge in [-0.2, -0.15) is 0 Å². The fraction of sp³-hybridized carbons (Fsp3) is 0.533. The lowest BCUT2D eigenvalue weighted by Gasteiger charge is -2.18. The normalized spacial score (nSPS) is 20.0. The Morgan fingerprint density at radius 3 is 2.74 bits per heavy atom. The molecule has 1 aliphatic heterocycles. The monoisotopic (exact) mass is 262 g/mol. The molecule has 0 radical (unpaired) electrons. The van der Waals surface area contributed by atoms with Gasteiger partial charge in [-0.3, -0.25) is 0 Å². The molecule has 2 unspecified atom stereocenters. The minimum absolute atomic E-state index is 0.00712. The van der Waals surface area contributed by atoms with Crippen molar-refractivity contribution in [2.75, 3.05) is 6.61 Å². The molecule has 104 valence electrons. The lowest BCUT2D eigenvalue weighted by molar-refractivity contribution is 0.0903. The van der Waals surface area contributed by atoms with Crippen molar-refractivity contribution in [3.05, 3.63) is 35.4 Å². The molecule has 4 heteroatoms. The van der Waals surface area contributed by atoms with Gasteiger partial charge in [0.1, 0.15) is 6.23 Å². The maximum absolute atomic E-state index is 11.8. The first kappa shape index (κ1) is 13.9. The van der Waals surface area contributed by atoms with Gasteiger partial charge in [0, 0.05) is 6.61 Å². The van der Waals surface area contributed by atoms with Gasteiger partial charge in [-0.15, -0.1) is 0 Å². The van der Waals surface area contributed by atoms with Crippen LogP contribution in [0.4, 0.5) is 4.79 Å². The summed E-state index contributed by atoms with van der Waals surface area (Å²) in [7, 11) is 0. The van der Waals surface area contributed by atoms with Crippen LogP contribution >= 0.6 is 0 Å². The van der Waals surface area contributed by atoms with E-state index in [-0.39, 0.29) is 18.3 Å². The van der Waals surface area contributed by atoms with Crippen molar-refractivity contribution in [3.63, 3.8) is 0 Å². The van der Waals surface area contributed by atoms with E-state index in [0.717, 1.165) is 31.4 Å². The molecule has 2 N–H and O–H groups in total. The number of ether oxygens (including phenoxy) is 1. The van der Waals surface area contributed by atoms with E-state index in [1.165, 1.54) is 5.56 Å². The van der Waals surface area contributed by atoms with Crippen LogP contribution in [0.2, 0.25) is 0 Å². The van der Waals surface area contributed by atoms with Crippen molar-refractivity contribution < 1.29 is 9.53 Å². The molecule has 0 saturated carbocycles. The summed E-state index contributed by atoms with van der Waals surface area (Å²) in [6.45, 7) is 4.85. The Balaban J connectivity index is 1.84. The van der Waals surface area contributed by atoms with E-state index < -0.39 is 0 Å². The molecule has 1 fully saturated rings. The summed E-state index contributed by atoms with van der Waals surface area (Å²) in [6.07, 6.45) is 2.81. The lowest BCUT2D eigenvalue weighted by Crippen LogP contribution is -2.42. The number of carbonyl (C=O) groups is 1. The maximum atomic E-state index is 11.8. The molecule has 0 spiro atoms. The molecule has 0 aliphatic carbocycles. The first-order valence-electron chi connectivity index (χ1n) is 6.96. The zero-order valence-electron chi connectivity index (χ0n) is 11.6. The fourth-order valence-corrected chi connectivity index (χ4v) is 2.20. The van der Waals surface area contributed by atoms with Crippen LogP contribution in [0.5, 0.6) is 0 Å². The van der Waals surface area contributed by atoms with E-state index in [0.29, 0.717) is 0 Å². The molecule has 2 rings (SSSR count). The molecule has 1 saturated heterocycles. The van der Waals surface area contributed by atoms with Crippen LogP contribution in [0.3, 0.4) is 0 Å². The third-order valence-electron chi connectivity index (χ3n) is 3.46. The molecule has 1 aromatic rings. The Kier molecular flexibility index (Phi) is 4.80. The van der Waals surface area contributed by atoms with Crippen LogP contribution in [-0.4, -0.2) is 18.9 Å². The van der Waals surface area contributed by atoms with Crippen molar-refractivity contribution in [2.45, 2.75) is 45.4 Å². The second kappa shape index (κ2) is 6.57. The molecule has 1 heterocycles. The average molecular weight is 262 g/mol. The second-order valence-electron chi connectivity index (χ2n) is 4.94. The van der Waals surface area contributed by atoms with E-state index in [1.54, 1.807) is 0 Å². The Morgan fingerprint density at radius 2 is 2.16 bits per heavy atom. The number of urea groups is 1. The minimum atomic E-state index is -0.168. The SMILES string of the molecule is CCc1ccc(C(C)NC(=O)NC2CCCO2)cc1. The molecule has 1 aliphatic rings. The van der Waals surface area contributed by atoms with Crippen LogP contribution in [0.25, 0.3) is 0 Å². The van der Waals surface area contributed by atoms with Gasteiger partial charge >= 0.3 is 6.03 Å². The van der Waals surface area contributed by atoms with Gasteiger partial charge in [-0.1, -0.05) is 31.2 Å². The molecule has 19 heavy (non-hydrogen) atoms. The fourth-order valence-electron chi connectivity index (χ4n) is 2.20. The molecule has 2 atom stereocenters. The van der Waals surface area contributed by atoms with Gasteiger partial charge in [0.05, 0.1) is 6.04 Å². The number of benzene rings is 1. The summed E-state index contributed by atoms with van der Waals surface area (Å²) in [5.41, 5.74) is 2.42. The van der Waals surface area contributed by atoms with Gasteiger partial charge < -0.3 is 15.4 Å². The van der Waals surface area contributed by atoms with Crippen molar-refractivity contribution in [1.29, 1.82) is 0 Å². The number of carbonyl (C=O) groups excluding carboxylic acids is 1. The van der Waals surface area contributed by atoms with Crippen LogP contribution in [-0.2, 0) is 11.2 Å². The van der Waals surface area contributed by atoms with Gasteiger partial charge in [0.15, 0.2) is 0 Å². The van der Waals surface area contributed by atoms with Crippen molar-refractivity contribution in [2.24, 2.45) is 0 Å². The van der Waals surface area contributed by atoms with E-state index in [1.807, 2.05) is 6.92 Å². The third-order valence-corrected chi connectivity index (χ3v) is 3.46. The first-order valence-corrected chi connectivity index (χ1v) is 6.96. The highest BCUT2D eigenvalue weighted by atomic mass is 16.5. The summed E-state index contributed by atoms with van der Waals surface area (Å²) < 4.78 is 5.37. The Hall–Kier alpha value is -1.55. The summed E-state index contributed by atoms with van der Waals surface area (Å²) >= 11 is 0. The Morgan fingerprint density at radius 1 is 1.42 bits per heavy atom. The number of hydrogen-bond donors (Lipinski definition) is 2. The van der Waals surface area contributed by atoms with Crippen molar-refractivity contribution in [3.8, 4) is 0 Å². The number of rotatable bonds is 4. The maximum Gasteiger partial charge on any atom is 0.317 e. The predicted octanol–water partition coefficient (Wildman–Crippen LogP) is 2.75. The third kappa shape index (κ3) is 3.96. The molecule has 0 aromatic heterocycles. The Labute approximate surface area is 114 Å². The van der Waals surface area contributed by atoms with E-state index in [4.69, 9.17) is 4.74 Å². The molecule has 4 nitrogen and oxygen atoms in total. The average Bonchev–Trinajstić information content (AvgIpc) is 2.91. The highest BCUT2D eigenvalue weighted by molar-refractivity contribution is 5.74. The van der Waals surface area contributed by atoms with Crippen LogP contribution < -0.4 is 10.6 Å². The zero-order valence-corrected chi connectivity index (χ0v) is 11.6. The second-order valence-corrected chi connectivity index (χ2v) is 4.94. The minimum Gasteiger partial charge on any atom is -0.358 e. The van der Waals surface area contributed by atoms with Crippen LogP contribution in [0.1, 0.15) is 43.9 Å². The van der Waals surface area contributed by atoms with Crippen molar-refractivity contribution >= 4 is 6.03 Å². The lowest BCUT2D eigenvalue weighted by atomic mass is 10.1. The summed E-state index contributed by atoms with van der Waals surface area (Å²) in [5.74, 6) is 0. The molecular weight excluding hydrogens is 240 g/mol. The van der Waals surface area contributed by atoms with E-state index in [2.05, 4.69) is 41.8 Å². The van der Waals surface area contributed by atoms with Crippen LogP contribution in [0.15, 0.2) is 24.3 Å². The predicted molar refractivity (Wildman–Crippen MR) is 74.9 cm³/mol. The zero-order chi connectivity index (χ0) is 13.7. The van der Waals surface area contributed by atoms with Crippen LogP contribution in [0, 0.1) is 0 Å².